The van der Waals surface area contributed by atoms with Crippen molar-refractivity contribution in [3.05, 3.63) is 264 Å². The number of para-hydroxylation sites is 4. The largest absolute Gasteiger partial charge is 0.310 e. The summed E-state index contributed by atoms with van der Waals surface area (Å²) < 4.78 is 2.54. The first kappa shape index (κ1) is 37.2. The lowest BCUT2D eigenvalue weighted by atomic mass is 9.64. The van der Waals surface area contributed by atoms with E-state index < -0.39 is 5.41 Å². The predicted molar refractivity (Wildman–Crippen MR) is 275 cm³/mol. The molecule has 0 bridgehead atoms. The Bertz CT molecular complexity index is 3800. The Morgan fingerprint density at radius 3 is 1.67 bits per heavy atom. The van der Waals surface area contributed by atoms with Gasteiger partial charge in [-0.3, -0.25) is 0 Å². The fourth-order valence-electron chi connectivity index (χ4n) is 12.6. The molecule has 0 amide bonds. The van der Waals surface area contributed by atoms with Crippen LogP contribution in [0.1, 0.15) is 47.2 Å². The van der Waals surface area contributed by atoms with Gasteiger partial charge in [0.05, 0.1) is 33.5 Å². The van der Waals surface area contributed by atoms with Crippen LogP contribution in [0.2, 0.25) is 0 Å². The second-order valence-electron chi connectivity index (χ2n) is 18.7. The molecule has 310 valence electrons. The molecular formula is C64H44N2. The normalized spacial score (nSPS) is 15.6. The molecule has 1 spiro atoms. The molecule has 14 rings (SSSR count). The van der Waals surface area contributed by atoms with Crippen molar-refractivity contribution in [3.63, 3.8) is 0 Å². The predicted octanol–water partition coefficient (Wildman–Crippen LogP) is 16.6. The maximum absolute atomic E-state index is 2.55. The summed E-state index contributed by atoms with van der Waals surface area (Å²) in [6, 6.07) is 86.3. The number of fused-ring (bicyclic) bond motifs is 15. The number of nitrogens with zero attached hydrogens (tertiary/aromatic N) is 2. The van der Waals surface area contributed by atoms with Crippen LogP contribution in [0.4, 0.5) is 17.1 Å². The highest BCUT2D eigenvalue weighted by Gasteiger charge is 2.52. The molecule has 1 unspecified atom stereocenters. The minimum Gasteiger partial charge on any atom is -0.310 e. The van der Waals surface area contributed by atoms with Crippen LogP contribution in [0.3, 0.4) is 0 Å². The molecule has 2 heteroatoms. The quantitative estimate of drug-likeness (QED) is 0.168. The molecular weight excluding hydrogens is 797 g/mol. The van der Waals surface area contributed by atoms with Gasteiger partial charge in [-0.1, -0.05) is 208 Å². The van der Waals surface area contributed by atoms with E-state index in [4.69, 9.17) is 0 Å². The summed E-state index contributed by atoms with van der Waals surface area (Å²) in [5.74, 6) is 0. The van der Waals surface area contributed by atoms with Crippen molar-refractivity contribution in [2.24, 2.45) is 0 Å². The molecule has 10 aromatic carbocycles. The molecule has 66 heavy (non-hydrogen) atoms. The van der Waals surface area contributed by atoms with Crippen LogP contribution in [0.5, 0.6) is 0 Å². The Labute approximate surface area is 385 Å². The third kappa shape index (κ3) is 4.80. The van der Waals surface area contributed by atoms with Crippen LogP contribution in [0, 0.1) is 0 Å². The summed E-state index contributed by atoms with van der Waals surface area (Å²) in [5, 5.41) is 2.56. The molecule has 1 aliphatic heterocycles. The Morgan fingerprint density at radius 2 is 0.864 bits per heavy atom. The summed E-state index contributed by atoms with van der Waals surface area (Å²) in [7, 11) is 0. The average Bonchev–Trinajstić information content (AvgIpc) is 3.96. The van der Waals surface area contributed by atoms with Crippen molar-refractivity contribution in [2.45, 2.75) is 24.7 Å². The van der Waals surface area contributed by atoms with Crippen LogP contribution < -0.4 is 4.90 Å². The van der Waals surface area contributed by atoms with Crippen LogP contribution in [0.15, 0.2) is 231 Å². The molecule has 0 N–H and O–H groups in total. The summed E-state index contributed by atoms with van der Waals surface area (Å²) >= 11 is 0. The van der Waals surface area contributed by atoms with Gasteiger partial charge in [0.15, 0.2) is 0 Å². The van der Waals surface area contributed by atoms with E-state index in [1.54, 1.807) is 0 Å². The Balaban J connectivity index is 1.08. The van der Waals surface area contributed by atoms with Gasteiger partial charge in [0.1, 0.15) is 0 Å². The zero-order valence-electron chi connectivity index (χ0n) is 36.8. The molecule has 1 aromatic heterocycles. The lowest BCUT2D eigenvalue weighted by Crippen LogP contribution is -2.34. The van der Waals surface area contributed by atoms with Gasteiger partial charge in [-0.05, 0) is 109 Å². The lowest BCUT2D eigenvalue weighted by molar-refractivity contribution is 0.661. The van der Waals surface area contributed by atoms with E-state index in [-0.39, 0.29) is 5.41 Å². The van der Waals surface area contributed by atoms with E-state index in [1.165, 1.54) is 111 Å². The first-order valence-corrected chi connectivity index (χ1v) is 23.2. The standard InChI is InChI=1S/C64H44N2/c1-63(2)52-29-10-6-21-44(52)49-27-18-36-59(61(49)63)65(43-39-37-42(38-40-43)41-19-4-3-5-20-41)56-33-13-8-23-46(56)50-26-16-25-48-45-22-7-11-30-53(45)64(60(48)50)54-31-12-15-35-58(54)66-57-34-14-9-24-47(57)51-28-17-32-55(64)62(51)66/h3-40H,1-2H3. The smallest absolute Gasteiger partial charge is 0.0760 e. The van der Waals surface area contributed by atoms with Gasteiger partial charge in [-0.15, -0.1) is 0 Å². The topological polar surface area (TPSA) is 8.17 Å². The van der Waals surface area contributed by atoms with Crippen LogP contribution in [0.25, 0.3) is 72.0 Å². The highest BCUT2D eigenvalue weighted by atomic mass is 15.1. The highest BCUT2D eigenvalue weighted by Crippen LogP contribution is 2.64. The molecule has 0 radical (unpaired) electrons. The average molecular weight is 841 g/mol. The van der Waals surface area contributed by atoms with E-state index in [0.717, 1.165) is 11.4 Å². The molecule has 2 nitrogen and oxygen atoms in total. The van der Waals surface area contributed by atoms with E-state index in [2.05, 4.69) is 254 Å². The number of rotatable bonds is 5. The number of benzene rings is 10. The van der Waals surface area contributed by atoms with Crippen LogP contribution in [-0.4, -0.2) is 4.57 Å². The van der Waals surface area contributed by atoms with Crippen molar-refractivity contribution in [3.8, 4) is 50.2 Å². The Hall–Kier alpha value is -8.20. The second-order valence-corrected chi connectivity index (χ2v) is 18.7. The second kappa shape index (κ2) is 13.7. The minimum atomic E-state index is -0.601. The third-order valence-corrected chi connectivity index (χ3v) is 15.2. The first-order chi connectivity index (χ1) is 32.5. The molecule has 0 saturated carbocycles. The van der Waals surface area contributed by atoms with Gasteiger partial charge in [-0.2, -0.15) is 0 Å². The zero-order valence-corrected chi connectivity index (χ0v) is 36.8. The third-order valence-electron chi connectivity index (χ3n) is 15.2. The Kier molecular flexibility index (Phi) is 7.70. The molecule has 0 fully saturated rings. The molecule has 2 heterocycles. The SMILES string of the molecule is CC1(C)c2ccccc2-c2cccc(N(c3ccc(-c4ccccc4)cc3)c3ccccc3-c3cccc4c3C3(c5ccccc5-4)c4ccccc4-n4c5ccccc5c5cccc3c54)c21. The molecule has 0 saturated heterocycles. The minimum absolute atomic E-state index is 0.234. The summed E-state index contributed by atoms with van der Waals surface area (Å²) in [4.78, 5) is 2.55. The molecule has 2 aliphatic carbocycles. The van der Waals surface area contributed by atoms with Gasteiger partial charge < -0.3 is 9.47 Å². The van der Waals surface area contributed by atoms with Crippen molar-refractivity contribution >= 4 is 38.9 Å². The van der Waals surface area contributed by atoms with Gasteiger partial charge >= 0.3 is 0 Å². The zero-order chi connectivity index (χ0) is 43.7. The van der Waals surface area contributed by atoms with E-state index >= 15 is 0 Å². The van der Waals surface area contributed by atoms with E-state index in [0.29, 0.717) is 0 Å². The van der Waals surface area contributed by atoms with Gasteiger partial charge in [0.25, 0.3) is 0 Å². The van der Waals surface area contributed by atoms with Crippen molar-refractivity contribution < 1.29 is 0 Å². The number of aromatic nitrogens is 1. The first-order valence-electron chi connectivity index (χ1n) is 23.2. The maximum atomic E-state index is 2.55. The maximum Gasteiger partial charge on any atom is 0.0760 e. The van der Waals surface area contributed by atoms with Crippen molar-refractivity contribution in [1.82, 2.24) is 4.57 Å². The van der Waals surface area contributed by atoms with Gasteiger partial charge in [0.2, 0.25) is 0 Å². The fraction of sp³-hybridized carbons (Fsp3) is 0.0625. The van der Waals surface area contributed by atoms with Gasteiger partial charge in [-0.25, -0.2) is 0 Å². The van der Waals surface area contributed by atoms with E-state index in [9.17, 15) is 0 Å². The molecule has 1 atom stereocenters. The fourth-order valence-corrected chi connectivity index (χ4v) is 12.6. The molecule has 11 aromatic rings. The monoisotopic (exact) mass is 840 g/mol. The van der Waals surface area contributed by atoms with Crippen molar-refractivity contribution in [2.75, 3.05) is 4.90 Å². The number of hydrogen-bond donors (Lipinski definition) is 0. The highest BCUT2D eigenvalue weighted by molar-refractivity contribution is 6.13. The van der Waals surface area contributed by atoms with E-state index in [1.807, 2.05) is 0 Å². The summed E-state index contributed by atoms with van der Waals surface area (Å²) in [6.45, 7) is 4.80. The van der Waals surface area contributed by atoms with Crippen LogP contribution >= 0.6 is 0 Å². The lowest BCUT2D eigenvalue weighted by Gasteiger charge is -2.41. The summed E-state index contributed by atoms with van der Waals surface area (Å²) in [5.41, 5.74) is 24.4. The van der Waals surface area contributed by atoms with Crippen LogP contribution in [-0.2, 0) is 10.8 Å². The number of anilines is 3. The van der Waals surface area contributed by atoms with Crippen molar-refractivity contribution in [1.29, 1.82) is 0 Å². The molecule has 3 aliphatic rings. The summed E-state index contributed by atoms with van der Waals surface area (Å²) in [6.07, 6.45) is 0. The Morgan fingerprint density at radius 1 is 0.348 bits per heavy atom. The number of hydrogen-bond acceptors (Lipinski definition) is 1. The van der Waals surface area contributed by atoms with Gasteiger partial charge in [0, 0.05) is 27.4 Å².